The van der Waals surface area contributed by atoms with E-state index in [0.717, 1.165) is 28.2 Å². The Balaban J connectivity index is 1.53. The van der Waals surface area contributed by atoms with Gasteiger partial charge in [0.2, 0.25) is 0 Å². The molecule has 0 radical (unpaired) electrons. The molecule has 2 N–H and O–H groups in total. The molecule has 2 aromatic carbocycles. The van der Waals surface area contributed by atoms with E-state index in [4.69, 9.17) is 21.3 Å². The number of hydrogen-bond acceptors (Lipinski definition) is 5. The van der Waals surface area contributed by atoms with Gasteiger partial charge < -0.3 is 19.4 Å². The Labute approximate surface area is 197 Å². The van der Waals surface area contributed by atoms with Gasteiger partial charge in [0.1, 0.15) is 18.2 Å². The first-order valence-corrected chi connectivity index (χ1v) is 10.9. The van der Waals surface area contributed by atoms with Crippen LogP contribution in [0.15, 0.2) is 42.6 Å². The number of amides is 1. The predicted octanol–water partition coefficient (Wildman–Crippen LogP) is 5.25. The SMILES string of the molecule is Cc1cn[nH]c1-c1cc(C(=O)Nc2ccc(OC(F)(F)Cl)cc2)cc2nc3n(c12)[C@H](C)COC3. The summed E-state index contributed by atoms with van der Waals surface area (Å²) in [5.74, 6) is 0.277. The fourth-order valence-corrected chi connectivity index (χ4v) is 4.22. The number of rotatable bonds is 5. The summed E-state index contributed by atoms with van der Waals surface area (Å²) in [6.07, 6.45) is 1.72. The number of aromatic amines is 1. The number of carbonyl (C=O) groups excluding carboxylic acids is 1. The summed E-state index contributed by atoms with van der Waals surface area (Å²) in [5.41, 5.74) is 1.07. The number of nitrogens with zero attached hydrogens (tertiary/aromatic N) is 3. The van der Waals surface area contributed by atoms with E-state index in [0.29, 0.717) is 30.0 Å². The lowest BCUT2D eigenvalue weighted by atomic mass is 10.0. The summed E-state index contributed by atoms with van der Waals surface area (Å²) in [5, 5.41) is 9.94. The highest BCUT2D eigenvalue weighted by Crippen LogP contribution is 2.35. The Kier molecular flexibility index (Phi) is 5.49. The van der Waals surface area contributed by atoms with Crippen molar-refractivity contribution in [3.8, 4) is 17.0 Å². The molecule has 176 valence electrons. The van der Waals surface area contributed by atoms with Gasteiger partial charge in [0.15, 0.2) is 0 Å². The van der Waals surface area contributed by atoms with E-state index >= 15 is 0 Å². The fourth-order valence-electron chi connectivity index (χ4n) is 4.14. The molecule has 8 nitrogen and oxygen atoms in total. The number of aryl methyl sites for hydroxylation is 1. The lowest BCUT2D eigenvalue weighted by Crippen LogP contribution is -2.21. The summed E-state index contributed by atoms with van der Waals surface area (Å²) >= 11 is 4.79. The third-order valence-corrected chi connectivity index (χ3v) is 5.67. The standard InChI is InChI=1S/C23H20ClF2N5O3/c1-12-9-27-30-20(12)17-7-14(8-18-21(17)31-13(2)10-33-11-19(31)29-18)22(32)28-15-3-5-16(6-4-15)34-23(24,25)26/h3-9,13H,10-11H2,1-2H3,(H,27,30)(H,28,32)/t13-/m1/s1. The molecule has 34 heavy (non-hydrogen) atoms. The zero-order chi connectivity index (χ0) is 24.0. The number of alkyl halides is 3. The van der Waals surface area contributed by atoms with Crippen molar-refractivity contribution in [2.24, 2.45) is 0 Å². The second-order valence-corrected chi connectivity index (χ2v) is 8.55. The number of aromatic nitrogens is 4. The van der Waals surface area contributed by atoms with Gasteiger partial charge in [-0.1, -0.05) is 0 Å². The van der Waals surface area contributed by atoms with Crippen LogP contribution in [0.4, 0.5) is 14.5 Å². The van der Waals surface area contributed by atoms with Crippen molar-refractivity contribution in [2.45, 2.75) is 32.1 Å². The number of anilines is 1. The Morgan fingerprint density at radius 3 is 2.76 bits per heavy atom. The molecule has 0 unspecified atom stereocenters. The smallest absolute Gasteiger partial charge is 0.420 e. The van der Waals surface area contributed by atoms with Gasteiger partial charge in [-0.3, -0.25) is 9.89 Å². The highest BCUT2D eigenvalue weighted by molar-refractivity contribution is 6.20. The van der Waals surface area contributed by atoms with Crippen LogP contribution in [0.25, 0.3) is 22.3 Å². The van der Waals surface area contributed by atoms with E-state index in [9.17, 15) is 13.6 Å². The molecule has 1 aliphatic heterocycles. The maximum absolute atomic E-state index is 13.1. The van der Waals surface area contributed by atoms with Crippen LogP contribution in [0.3, 0.4) is 0 Å². The third-order valence-electron chi connectivity index (χ3n) is 5.60. The van der Waals surface area contributed by atoms with Crippen molar-refractivity contribution in [2.75, 3.05) is 11.9 Å². The summed E-state index contributed by atoms with van der Waals surface area (Å²) in [7, 11) is 0. The summed E-state index contributed by atoms with van der Waals surface area (Å²) in [6.45, 7) is 4.95. The third kappa shape index (κ3) is 4.22. The van der Waals surface area contributed by atoms with Crippen LogP contribution in [0.1, 0.15) is 34.7 Å². The Bertz CT molecular complexity index is 1380. The molecule has 3 heterocycles. The summed E-state index contributed by atoms with van der Waals surface area (Å²) in [4.78, 5) is 17.8. The minimum absolute atomic E-state index is 0.0801. The average molecular weight is 488 g/mol. The minimum Gasteiger partial charge on any atom is -0.420 e. The van der Waals surface area contributed by atoms with Crippen molar-refractivity contribution >= 4 is 34.2 Å². The van der Waals surface area contributed by atoms with Crippen molar-refractivity contribution in [1.82, 2.24) is 19.7 Å². The number of hydrogen-bond donors (Lipinski definition) is 2. The lowest BCUT2D eigenvalue weighted by molar-refractivity contribution is -0.0964. The zero-order valence-electron chi connectivity index (χ0n) is 18.2. The molecule has 0 saturated carbocycles. The topological polar surface area (TPSA) is 94.1 Å². The molecule has 1 aliphatic rings. The Morgan fingerprint density at radius 2 is 2.09 bits per heavy atom. The van der Waals surface area contributed by atoms with Crippen LogP contribution in [-0.2, 0) is 11.3 Å². The quantitative estimate of drug-likeness (QED) is 0.375. The van der Waals surface area contributed by atoms with E-state index in [1.54, 1.807) is 18.3 Å². The van der Waals surface area contributed by atoms with Crippen LogP contribution in [0.2, 0.25) is 0 Å². The molecule has 1 atom stereocenters. The van der Waals surface area contributed by atoms with E-state index in [2.05, 4.69) is 31.7 Å². The summed E-state index contributed by atoms with van der Waals surface area (Å²) in [6, 6.07) is 9.07. The minimum atomic E-state index is -3.81. The molecule has 1 amide bonds. The van der Waals surface area contributed by atoms with Gasteiger partial charge in [-0.25, -0.2) is 4.98 Å². The van der Waals surface area contributed by atoms with Gasteiger partial charge in [-0.15, -0.1) is 8.78 Å². The largest absolute Gasteiger partial charge is 0.487 e. The molecule has 4 aromatic rings. The number of nitrogens with one attached hydrogen (secondary N) is 2. The van der Waals surface area contributed by atoms with Crippen LogP contribution < -0.4 is 10.1 Å². The summed E-state index contributed by atoms with van der Waals surface area (Å²) < 4.78 is 37.7. The highest BCUT2D eigenvalue weighted by Gasteiger charge is 2.28. The van der Waals surface area contributed by atoms with Crippen LogP contribution in [0.5, 0.6) is 5.75 Å². The van der Waals surface area contributed by atoms with Crippen molar-refractivity contribution in [1.29, 1.82) is 0 Å². The monoisotopic (exact) mass is 487 g/mol. The zero-order valence-corrected chi connectivity index (χ0v) is 19.0. The first-order valence-electron chi connectivity index (χ1n) is 10.5. The van der Waals surface area contributed by atoms with Gasteiger partial charge in [0.25, 0.3) is 5.91 Å². The molecular formula is C23H20ClF2N5O3. The number of halogens is 3. The molecule has 0 fully saturated rings. The molecule has 5 rings (SSSR count). The maximum Gasteiger partial charge on any atom is 0.487 e. The molecule has 0 saturated heterocycles. The normalized spacial score (nSPS) is 15.9. The van der Waals surface area contributed by atoms with Gasteiger partial charge in [-0.2, -0.15) is 5.10 Å². The molecule has 2 aromatic heterocycles. The maximum atomic E-state index is 13.1. The average Bonchev–Trinajstić information content (AvgIpc) is 3.37. The van der Waals surface area contributed by atoms with Crippen LogP contribution in [-0.4, -0.2) is 37.8 Å². The van der Waals surface area contributed by atoms with Crippen molar-refractivity contribution in [3.63, 3.8) is 0 Å². The number of imidazole rings is 1. The van der Waals surface area contributed by atoms with Gasteiger partial charge in [-0.05, 0) is 55.8 Å². The highest BCUT2D eigenvalue weighted by atomic mass is 35.5. The van der Waals surface area contributed by atoms with E-state index < -0.39 is 5.57 Å². The second-order valence-electron chi connectivity index (χ2n) is 8.11. The number of benzene rings is 2. The van der Waals surface area contributed by atoms with Gasteiger partial charge in [0.05, 0.1) is 35.6 Å². The molecular weight excluding hydrogens is 468 g/mol. The first kappa shape index (κ1) is 22.3. The molecule has 0 bridgehead atoms. The fraction of sp³-hybridized carbons (Fsp3) is 0.261. The Hall–Kier alpha value is -3.50. The van der Waals surface area contributed by atoms with E-state index in [-0.39, 0.29) is 17.7 Å². The molecule has 0 spiro atoms. The Morgan fingerprint density at radius 1 is 1.32 bits per heavy atom. The molecule has 0 aliphatic carbocycles. The predicted molar refractivity (Wildman–Crippen MR) is 122 cm³/mol. The molecule has 11 heteroatoms. The van der Waals surface area contributed by atoms with Crippen molar-refractivity contribution < 1.29 is 23.0 Å². The lowest BCUT2D eigenvalue weighted by Gasteiger charge is -2.23. The second kappa shape index (κ2) is 8.37. The number of H-pyrrole nitrogens is 1. The van der Waals surface area contributed by atoms with Crippen LogP contribution >= 0.6 is 11.6 Å². The number of fused-ring (bicyclic) bond motifs is 3. The first-order chi connectivity index (χ1) is 16.2. The number of ether oxygens (including phenoxy) is 2. The van der Waals surface area contributed by atoms with E-state index in [1.165, 1.54) is 24.3 Å². The number of carbonyl (C=O) groups is 1. The van der Waals surface area contributed by atoms with Crippen molar-refractivity contribution in [3.05, 3.63) is 59.5 Å². The van der Waals surface area contributed by atoms with Crippen LogP contribution in [0, 0.1) is 6.92 Å². The van der Waals surface area contributed by atoms with Gasteiger partial charge >= 0.3 is 5.57 Å². The van der Waals surface area contributed by atoms with Gasteiger partial charge in [0, 0.05) is 28.4 Å². The van der Waals surface area contributed by atoms with E-state index in [1.807, 2.05) is 6.92 Å².